The molecule has 1 amide bonds. The standard InChI is InChI=1S/C28H37N3O2/c1-6-7-16-31(4)17-8-15-29-28(32)25-19-27(21-9-12-23(33-5)13-10-21)30-26-14-11-22(20(2)3)18-24(25)26/h9-14,18-20H,6-8,15-17H2,1-5H3,(H,29,32)/p+1. The van der Waals surface area contributed by atoms with Crippen LogP contribution in [-0.2, 0) is 0 Å². The van der Waals surface area contributed by atoms with E-state index in [0.717, 1.165) is 40.9 Å². The number of nitrogens with one attached hydrogen (secondary N) is 2. The predicted octanol–water partition coefficient (Wildman–Crippen LogP) is 4.47. The third kappa shape index (κ3) is 6.55. The summed E-state index contributed by atoms with van der Waals surface area (Å²) in [7, 11) is 3.88. The van der Waals surface area contributed by atoms with Crippen LogP contribution in [0.2, 0.25) is 0 Å². The second kappa shape index (κ2) is 11.8. The number of rotatable bonds is 11. The molecule has 0 aliphatic heterocycles. The number of methoxy groups -OCH3 is 1. The zero-order chi connectivity index (χ0) is 23.8. The van der Waals surface area contributed by atoms with Crippen LogP contribution in [0.4, 0.5) is 0 Å². The van der Waals surface area contributed by atoms with Crippen LogP contribution in [-0.4, -0.2) is 44.7 Å². The van der Waals surface area contributed by atoms with Crippen molar-refractivity contribution in [2.75, 3.05) is 33.8 Å². The van der Waals surface area contributed by atoms with Gasteiger partial charge < -0.3 is 15.0 Å². The summed E-state index contributed by atoms with van der Waals surface area (Å²) in [5.74, 6) is 1.14. The first kappa shape index (κ1) is 24.7. The number of amides is 1. The van der Waals surface area contributed by atoms with Crippen LogP contribution in [0.25, 0.3) is 22.2 Å². The molecule has 1 aromatic heterocycles. The number of aromatic nitrogens is 1. The van der Waals surface area contributed by atoms with Crippen molar-refractivity contribution < 1.29 is 14.4 Å². The normalized spacial score (nSPS) is 12.2. The van der Waals surface area contributed by atoms with Crippen molar-refractivity contribution in [2.45, 2.75) is 46.0 Å². The number of benzene rings is 2. The SMILES string of the molecule is CCCC[NH+](C)CCCNC(=O)c1cc(-c2ccc(OC)cc2)nc2ccc(C(C)C)cc12. The number of hydrogen-bond acceptors (Lipinski definition) is 3. The van der Waals surface area contributed by atoms with Crippen molar-refractivity contribution in [3.05, 3.63) is 59.7 Å². The number of ether oxygens (including phenoxy) is 1. The Balaban J connectivity index is 1.86. The quantitative estimate of drug-likeness (QED) is 0.426. The van der Waals surface area contributed by atoms with E-state index in [1.165, 1.54) is 29.8 Å². The molecule has 33 heavy (non-hydrogen) atoms. The van der Waals surface area contributed by atoms with Crippen LogP contribution in [0.5, 0.6) is 5.75 Å². The van der Waals surface area contributed by atoms with Crippen molar-refractivity contribution in [1.29, 1.82) is 0 Å². The lowest BCUT2D eigenvalue weighted by atomic mass is 9.97. The van der Waals surface area contributed by atoms with Crippen LogP contribution in [0, 0.1) is 0 Å². The van der Waals surface area contributed by atoms with E-state index in [0.29, 0.717) is 18.0 Å². The molecule has 0 saturated heterocycles. The van der Waals surface area contributed by atoms with E-state index >= 15 is 0 Å². The van der Waals surface area contributed by atoms with Crippen molar-refractivity contribution >= 4 is 16.8 Å². The number of carbonyl (C=O) groups is 1. The van der Waals surface area contributed by atoms with Gasteiger partial charge in [0.05, 0.1) is 44.0 Å². The third-order valence-corrected chi connectivity index (χ3v) is 6.15. The van der Waals surface area contributed by atoms with E-state index in [4.69, 9.17) is 9.72 Å². The fourth-order valence-electron chi connectivity index (χ4n) is 3.99. The van der Waals surface area contributed by atoms with Gasteiger partial charge in [-0.05, 0) is 60.4 Å². The Morgan fingerprint density at radius 3 is 2.45 bits per heavy atom. The first-order valence-electron chi connectivity index (χ1n) is 12.1. The molecule has 5 heteroatoms. The zero-order valence-electron chi connectivity index (χ0n) is 20.7. The number of hydrogen-bond donors (Lipinski definition) is 2. The second-order valence-electron chi connectivity index (χ2n) is 9.13. The average molecular weight is 449 g/mol. The van der Waals surface area contributed by atoms with Gasteiger partial charge in [-0.15, -0.1) is 0 Å². The van der Waals surface area contributed by atoms with Gasteiger partial charge in [0.1, 0.15) is 5.75 Å². The van der Waals surface area contributed by atoms with Crippen LogP contribution in [0.1, 0.15) is 61.9 Å². The van der Waals surface area contributed by atoms with Crippen molar-refractivity contribution in [3.8, 4) is 17.0 Å². The molecule has 3 rings (SSSR count). The molecule has 0 radical (unpaired) electrons. The number of unbranched alkanes of at least 4 members (excludes halogenated alkanes) is 1. The number of carbonyl (C=O) groups excluding carboxylic acids is 1. The highest BCUT2D eigenvalue weighted by Crippen LogP contribution is 2.28. The molecule has 176 valence electrons. The van der Waals surface area contributed by atoms with Gasteiger partial charge >= 0.3 is 0 Å². The van der Waals surface area contributed by atoms with Crippen molar-refractivity contribution in [3.63, 3.8) is 0 Å². The molecule has 0 aliphatic carbocycles. The zero-order valence-corrected chi connectivity index (χ0v) is 20.7. The van der Waals surface area contributed by atoms with E-state index < -0.39 is 0 Å². The van der Waals surface area contributed by atoms with E-state index in [2.05, 4.69) is 45.3 Å². The highest BCUT2D eigenvalue weighted by Gasteiger charge is 2.15. The van der Waals surface area contributed by atoms with Gasteiger partial charge in [-0.3, -0.25) is 4.79 Å². The van der Waals surface area contributed by atoms with Gasteiger partial charge in [-0.1, -0.05) is 33.3 Å². The molecule has 0 bridgehead atoms. The summed E-state index contributed by atoms with van der Waals surface area (Å²) in [6.07, 6.45) is 3.43. The van der Waals surface area contributed by atoms with E-state index in [-0.39, 0.29) is 5.91 Å². The number of pyridine rings is 1. The number of quaternary nitrogens is 1. The third-order valence-electron chi connectivity index (χ3n) is 6.15. The van der Waals surface area contributed by atoms with Crippen LogP contribution in [0.15, 0.2) is 48.5 Å². The Bertz CT molecular complexity index is 1060. The molecule has 5 nitrogen and oxygen atoms in total. The maximum atomic E-state index is 13.3. The monoisotopic (exact) mass is 448 g/mol. The van der Waals surface area contributed by atoms with Gasteiger partial charge in [0.25, 0.3) is 5.91 Å². The molecule has 3 aromatic rings. The van der Waals surface area contributed by atoms with E-state index in [9.17, 15) is 4.79 Å². The summed E-state index contributed by atoms with van der Waals surface area (Å²) in [5, 5.41) is 4.05. The summed E-state index contributed by atoms with van der Waals surface area (Å²) in [4.78, 5) is 19.7. The van der Waals surface area contributed by atoms with Gasteiger partial charge in [-0.25, -0.2) is 4.98 Å². The smallest absolute Gasteiger partial charge is 0.252 e. The van der Waals surface area contributed by atoms with Gasteiger partial charge in [0, 0.05) is 23.9 Å². The lowest BCUT2D eigenvalue weighted by molar-refractivity contribution is -0.879. The highest BCUT2D eigenvalue weighted by molar-refractivity contribution is 6.07. The topological polar surface area (TPSA) is 55.7 Å². The predicted molar refractivity (Wildman–Crippen MR) is 136 cm³/mol. The molecular formula is C28H38N3O2+. The Labute approximate surface area is 198 Å². The van der Waals surface area contributed by atoms with Crippen LogP contribution < -0.4 is 15.0 Å². The van der Waals surface area contributed by atoms with Gasteiger partial charge in [-0.2, -0.15) is 0 Å². The summed E-state index contributed by atoms with van der Waals surface area (Å²) >= 11 is 0. The van der Waals surface area contributed by atoms with Crippen LogP contribution >= 0.6 is 0 Å². The van der Waals surface area contributed by atoms with Crippen LogP contribution in [0.3, 0.4) is 0 Å². The highest BCUT2D eigenvalue weighted by atomic mass is 16.5. The molecule has 0 saturated carbocycles. The largest absolute Gasteiger partial charge is 0.497 e. The molecular weight excluding hydrogens is 410 g/mol. The summed E-state index contributed by atoms with van der Waals surface area (Å²) < 4.78 is 5.28. The molecule has 1 unspecified atom stereocenters. The molecule has 2 N–H and O–H groups in total. The Hall–Kier alpha value is -2.92. The summed E-state index contributed by atoms with van der Waals surface area (Å²) in [5.41, 5.74) is 4.47. The lowest BCUT2D eigenvalue weighted by Gasteiger charge is -2.15. The lowest BCUT2D eigenvalue weighted by Crippen LogP contribution is -3.09. The fourth-order valence-corrected chi connectivity index (χ4v) is 3.99. The van der Waals surface area contributed by atoms with Gasteiger partial charge in [0.15, 0.2) is 0 Å². The minimum Gasteiger partial charge on any atom is -0.497 e. The Kier molecular flexibility index (Phi) is 8.84. The number of fused-ring (bicyclic) bond motifs is 1. The first-order valence-corrected chi connectivity index (χ1v) is 12.1. The van der Waals surface area contributed by atoms with Crippen molar-refractivity contribution in [2.24, 2.45) is 0 Å². The molecule has 2 aromatic carbocycles. The Morgan fingerprint density at radius 1 is 1.06 bits per heavy atom. The maximum absolute atomic E-state index is 13.3. The fraction of sp³-hybridized carbons (Fsp3) is 0.429. The minimum atomic E-state index is -0.0377. The molecule has 0 fully saturated rings. The molecule has 0 spiro atoms. The Morgan fingerprint density at radius 2 is 1.79 bits per heavy atom. The van der Waals surface area contributed by atoms with E-state index in [1.54, 1.807) is 7.11 Å². The second-order valence-corrected chi connectivity index (χ2v) is 9.13. The molecule has 1 heterocycles. The first-order chi connectivity index (χ1) is 15.9. The van der Waals surface area contributed by atoms with Gasteiger partial charge in [0.2, 0.25) is 0 Å². The molecule has 1 atom stereocenters. The van der Waals surface area contributed by atoms with E-state index in [1.807, 2.05) is 36.4 Å². The number of nitrogens with zero attached hydrogens (tertiary/aromatic N) is 1. The van der Waals surface area contributed by atoms with Crippen molar-refractivity contribution in [1.82, 2.24) is 10.3 Å². The summed E-state index contributed by atoms with van der Waals surface area (Å²) in [6.45, 7) is 9.47. The average Bonchev–Trinajstić information content (AvgIpc) is 2.84. The summed E-state index contributed by atoms with van der Waals surface area (Å²) in [6, 6.07) is 16.0. The maximum Gasteiger partial charge on any atom is 0.252 e. The minimum absolute atomic E-state index is 0.0377. The molecule has 0 aliphatic rings.